The molecular formula is C17H27NO3. The summed E-state index contributed by atoms with van der Waals surface area (Å²) in [6.45, 7) is 6.95. The SMILES string of the molecule is CCN(CC)CC1CCC(O)CC1(O)c1cccc(O)c1. The van der Waals surface area contributed by atoms with Gasteiger partial charge >= 0.3 is 0 Å². The first-order valence-corrected chi connectivity index (χ1v) is 7.91. The van der Waals surface area contributed by atoms with Crippen molar-refractivity contribution in [3.8, 4) is 5.75 Å². The van der Waals surface area contributed by atoms with Gasteiger partial charge in [0.05, 0.1) is 11.7 Å². The molecular weight excluding hydrogens is 266 g/mol. The molecule has 0 aliphatic heterocycles. The van der Waals surface area contributed by atoms with Crippen molar-refractivity contribution < 1.29 is 15.3 Å². The first kappa shape index (κ1) is 16.3. The predicted octanol–water partition coefficient (Wildman–Crippen LogP) is 2.08. The minimum absolute atomic E-state index is 0.0719. The Balaban J connectivity index is 2.29. The van der Waals surface area contributed by atoms with E-state index in [9.17, 15) is 15.3 Å². The van der Waals surface area contributed by atoms with Gasteiger partial charge in [-0.3, -0.25) is 0 Å². The van der Waals surface area contributed by atoms with Crippen LogP contribution in [0.1, 0.15) is 38.7 Å². The number of hydrogen-bond donors (Lipinski definition) is 3. The van der Waals surface area contributed by atoms with Crippen molar-refractivity contribution >= 4 is 0 Å². The number of phenols is 1. The first-order chi connectivity index (χ1) is 9.99. The number of rotatable bonds is 5. The number of hydrogen-bond acceptors (Lipinski definition) is 4. The highest BCUT2D eigenvalue weighted by Gasteiger charge is 2.44. The van der Waals surface area contributed by atoms with Crippen LogP contribution >= 0.6 is 0 Å². The van der Waals surface area contributed by atoms with Crippen LogP contribution in [0.4, 0.5) is 0 Å². The maximum Gasteiger partial charge on any atom is 0.115 e. The van der Waals surface area contributed by atoms with Crippen molar-refractivity contribution in [3.63, 3.8) is 0 Å². The Morgan fingerprint density at radius 1 is 1.24 bits per heavy atom. The first-order valence-electron chi connectivity index (χ1n) is 7.91. The fraction of sp³-hybridized carbons (Fsp3) is 0.647. The van der Waals surface area contributed by atoms with Gasteiger partial charge in [-0.15, -0.1) is 0 Å². The molecule has 1 aliphatic rings. The smallest absolute Gasteiger partial charge is 0.115 e. The average molecular weight is 293 g/mol. The molecule has 21 heavy (non-hydrogen) atoms. The highest BCUT2D eigenvalue weighted by atomic mass is 16.3. The van der Waals surface area contributed by atoms with E-state index in [1.807, 2.05) is 6.07 Å². The van der Waals surface area contributed by atoms with E-state index in [2.05, 4.69) is 18.7 Å². The van der Waals surface area contributed by atoms with E-state index in [1.165, 1.54) is 0 Å². The highest BCUT2D eigenvalue weighted by molar-refractivity contribution is 5.32. The molecule has 0 heterocycles. The molecule has 1 aromatic rings. The van der Waals surface area contributed by atoms with Crippen LogP contribution in [-0.2, 0) is 5.60 Å². The summed E-state index contributed by atoms with van der Waals surface area (Å²) in [5, 5.41) is 30.9. The van der Waals surface area contributed by atoms with Gasteiger partial charge in [-0.2, -0.15) is 0 Å². The maximum absolute atomic E-state index is 11.2. The molecule has 0 radical (unpaired) electrons. The molecule has 0 aromatic heterocycles. The van der Waals surface area contributed by atoms with Crippen LogP contribution in [0.5, 0.6) is 5.75 Å². The summed E-state index contributed by atoms with van der Waals surface area (Å²) in [6, 6.07) is 6.81. The lowest BCUT2D eigenvalue weighted by Gasteiger charge is -2.44. The Labute approximate surface area is 127 Å². The fourth-order valence-electron chi connectivity index (χ4n) is 3.42. The molecule has 118 valence electrons. The molecule has 4 heteroatoms. The number of aliphatic hydroxyl groups excluding tert-OH is 1. The monoisotopic (exact) mass is 293 g/mol. The third-order valence-electron chi connectivity index (χ3n) is 4.79. The molecule has 4 nitrogen and oxygen atoms in total. The van der Waals surface area contributed by atoms with Crippen molar-refractivity contribution in [2.75, 3.05) is 19.6 Å². The Morgan fingerprint density at radius 2 is 1.95 bits per heavy atom. The predicted molar refractivity (Wildman–Crippen MR) is 83.1 cm³/mol. The molecule has 1 saturated carbocycles. The molecule has 0 saturated heterocycles. The van der Waals surface area contributed by atoms with Gasteiger partial charge in [-0.1, -0.05) is 26.0 Å². The summed E-state index contributed by atoms with van der Waals surface area (Å²) in [5.41, 5.74) is -0.364. The van der Waals surface area contributed by atoms with Crippen LogP contribution < -0.4 is 0 Å². The van der Waals surface area contributed by atoms with Crippen LogP contribution in [0.2, 0.25) is 0 Å². The van der Waals surface area contributed by atoms with E-state index < -0.39 is 11.7 Å². The zero-order chi connectivity index (χ0) is 15.5. The van der Waals surface area contributed by atoms with E-state index in [0.717, 1.165) is 32.5 Å². The minimum atomic E-state index is -1.07. The zero-order valence-electron chi connectivity index (χ0n) is 13.0. The van der Waals surface area contributed by atoms with Crippen molar-refractivity contribution in [2.45, 2.75) is 44.8 Å². The molecule has 1 fully saturated rings. The van der Waals surface area contributed by atoms with Gasteiger partial charge in [-0.25, -0.2) is 0 Å². The number of benzene rings is 1. The summed E-state index contributed by atoms with van der Waals surface area (Å²) in [6.07, 6.45) is 1.38. The zero-order valence-corrected chi connectivity index (χ0v) is 13.0. The lowest BCUT2D eigenvalue weighted by Crippen LogP contribution is -2.47. The fourth-order valence-corrected chi connectivity index (χ4v) is 3.42. The van der Waals surface area contributed by atoms with Crippen LogP contribution in [-0.4, -0.2) is 46.0 Å². The molecule has 3 N–H and O–H groups in total. The largest absolute Gasteiger partial charge is 0.508 e. The van der Waals surface area contributed by atoms with E-state index in [4.69, 9.17) is 0 Å². The molecule has 0 amide bonds. The van der Waals surface area contributed by atoms with Gasteiger partial charge in [0.2, 0.25) is 0 Å². The third kappa shape index (κ3) is 3.57. The lowest BCUT2D eigenvalue weighted by atomic mass is 9.70. The third-order valence-corrected chi connectivity index (χ3v) is 4.79. The van der Waals surface area contributed by atoms with Crippen LogP contribution in [0.3, 0.4) is 0 Å². The molecule has 1 aromatic carbocycles. The normalized spacial score (nSPS) is 29.8. The highest BCUT2D eigenvalue weighted by Crippen LogP contribution is 2.42. The van der Waals surface area contributed by atoms with Gasteiger partial charge in [0.25, 0.3) is 0 Å². The second kappa shape index (κ2) is 6.77. The second-order valence-electron chi connectivity index (χ2n) is 6.09. The summed E-state index contributed by atoms with van der Waals surface area (Å²) in [4.78, 5) is 2.30. The van der Waals surface area contributed by atoms with Crippen LogP contribution in [0.25, 0.3) is 0 Å². The van der Waals surface area contributed by atoms with Crippen molar-refractivity contribution in [3.05, 3.63) is 29.8 Å². The summed E-state index contributed by atoms with van der Waals surface area (Å²) in [7, 11) is 0. The quantitative estimate of drug-likeness (QED) is 0.778. The second-order valence-corrected chi connectivity index (χ2v) is 6.09. The van der Waals surface area contributed by atoms with Crippen LogP contribution in [0, 0.1) is 5.92 Å². The summed E-state index contributed by atoms with van der Waals surface area (Å²) in [5.74, 6) is 0.227. The molecule has 0 bridgehead atoms. The number of aromatic hydroxyl groups is 1. The van der Waals surface area contributed by atoms with Gasteiger partial charge in [-0.05, 0) is 43.6 Å². The minimum Gasteiger partial charge on any atom is -0.508 e. The van der Waals surface area contributed by atoms with E-state index >= 15 is 0 Å². The van der Waals surface area contributed by atoms with E-state index in [1.54, 1.807) is 18.2 Å². The summed E-state index contributed by atoms with van der Waals surface area (Å²) >= 11 is 0. The Kier molecular flexibility index (Phi) is 5.25. The van der Waals surface area contributed by atoms with E-state index in [0.29, 0.717) is 12.0 Å². The molecule has 2 rings (SSSR count). The molecule has 3 atom stereocenters. The standard InChI is InChI=1S/C17H27NO3/c1-3-18(4-2)12-14-8-9-16(20)11-17(14,21)13-6-5-7-15(19)10-13/h5-7,10,14,16,19-21H,3-4,8-9,11-12H2,1-2H3. The van der Waals surface area contributed by atoms with Gasteiger partial charge in [0.15, 0.2) is 0 Å². The maximum atomic E-state index is 11.2. The topological polar surface area (TPSA) is 63.9 Å². The van der Waals surface area contributed by atoms with Crippen molar-refractivity contribution in [1.82, 2.24) is 4.90 Å². The van der Waals surface area contributed by atoms with Crippen LogP contribution in [0.15, 0.2) is 24.3 Å². The van der Waals surface area contributed by atoms with Crippen molar-refractivity contribution in [2.24, 2.45) is 5.92 Å². The number of aliphatic hydroxyl groups is 2. The molecule has 0 spiro atoms. The summed E-state index contributed by atoms with van der Waals surface area (Å²) < 4.78 is 0. The van der Waals surface area contributed by atoms with Gasteiger partial charge < -0.3 is 20.2 Å². The van der Waals surface area contributed by atoms with Crippen molar-refractivity contribution in [1.29, 1.82) is 0 Å². The molecule has 1 aliphatic carbocycles. The lowest BCUT2D eigenvalue weighted by molar-refractivity contribution is -0.101. The molecule has 3 unspecified atom stereocenters. The number of nitrogens with zero attached hydrogens (tertiary/aromatic N) is 1. The van der Waals surface area contributed by atoms with Gasteiger partial charge in [0.1, 0.15) is 5.75 Å². The number of phenolic OH excluding ortho intramolecular Hbond substituents is 1. The van der Waals surface area contributed by atoms with E-state index in [-0.39, 0.29) is 11.7 Å². The Bertz CT molecular complexity index is 461. The Hall–Kier alpha value is -1.10. The van der Waals surface area contributed by atoms with Gasteiger partial charge in [0, 0.05) is 18.9 Å². The average Bonchev–Trinajstić information content (AvgIpc) is 2.46. The Morgan fingerprint density at radius 3 is 2.57 bits per heavy atom.